The molecule has 162 valence electrons. The fourth-order valence-corrected chi connectivity index (χ4v) is 4.87. The zero-order chi connectivity index (χ0) is 22.6. The van der Waals surface area contributed by atoms with Gasteiger partial charge in [0.1, 0.15) is 10.7 Å². The van der Waals surface area contributed by atoms with E-state index in [0.717, 1.165) is 23.3 Å². The van der Waals surface area contributed by atoms with Crippen LogP contribution >= 0.6 is 11.6 Å². The van der Waals surface area contributed by atoms with Crippen LogP contribution in [0.1, 0.15) is 5.69 Å². The highest BCUT2D eigenvalue weighted by atomic mass is 35.5. The van der Waals surface area contributed by atoms with E-state index in [1.807, 2.05) is 42.5 Å². The summed E-state index contributed by atoms with van der Waals surface area (Å²) < 4.78 is 39.2. The van der Waals surface area contributed by atoms with Crippen LogP contribution in [0.4, 0.5) is 14.9 Å². The molecule has 9 heteroatoms. The molecule has 0 unspecified atom stereocenters. The third-order valence-electron chi connectivity index (χ3n) is 5.59. The van der Waals surface area contributed by atoms with E-state index in [0.29, 0.717) is 40.3 Å². The zero-order valence-corrected chi connectivity index (χ0v) is 18.2. The summed E-state index contributed by atoms with van der Waals surface area (Å²) in [6.45, 7) is 0.441. The first-order valence-corrected chi connectivity index (χ1v) is 11.7. The smallest absolute Gasteiger partial charge is 0.293 e. The van der Waals surface area contributed by atoms with E-state index in [1.54, 1.807) is 17.0 Å². The molecule has 2 heterocycles. The number of amides is 1. The molecule has 2 N–H and O–H groups in total. The fourth-order valence-electron chi connectivity index (χ4n) is 4.08. The molecule has 1 aliphatic heterocycles. The van der Waals surface area contributed by atoms with E-state index in [9.17, 15) is 17.6 Å². The third-order valence-corrected chi connectivity index (χ3v) is 6.75. The lowest BCUT2D eigenvalue weighted by Crippen LogP contribution is -2.41. The van der Waals surface area contributed by atoms with E-state index in [2.05, 4.69) is 0 Å². The molecular formula is C23H17ClFN3O3S. The molecule has 0 bridgehead atoms. The summed E-state index contributed by atoms with van der Waals surface area (Å²) in [5.74, 6) is -0.941. The normalized spacial score (nSPS) is 14.1. The predicted molar refractivity (Wildman–Crippen MR) is 122 cm³/mol. The van der Waals surface area contributed by atoms with E-state index >= 15 is 0 Å². The highest BCUT2D eigenvalue weighted by molar-refractivity contribution is 7.89. The Morgan fingerprint density at radius 2 is 1.72 bits per heavy atom. The van der Waals surface area contributed by atoms with Gasteiger partial charge in [-0.3, -0.25) is 9.47 Å². The van der Waals surface area contributed by atoms with Gasteiger partial charge in [-0.15, -0.1) is 0 Å². The number of benzene rings is 3. The van der Waals surface area contributed by atoms with Gasteiger partial charge in [0.2, 0.25) is 10.0 Å². The van der Waals surface area contributed by atoms with Gasteiger partial charge in [-0.25, -0.2) is 22.7 Å². The number of sulfonamides is 1. The molecule has 0 spiro atoms. The molecule has 0 saturated carbocycles. The molecule has 32 heavy (non-hydrogen) atoms. The Bertz CT molecular complexity index is 1500. The largest absolute Gasteiger partial charge is 0.333 e. The van der Waals surface area contributed by atoms with E-state index in [1.165, 1.54) is 4.57 Å². The maximum Gasteiger partial charge on any atom is 0.333 e. The third kappa shape index (κ3) is 3.46. The number of fused-ring (bicyclic) bond motifs is 3. The summed E-state index contributed by atoms with van der Waals surface area (Å²) in [5.41, 5.74) is 3.60. The van der Waals surface area contributed by atoms with Crippen molar-refractivity contribution in [1.82, 2.24) is 4.57 Å². The van der Waals surface area contributed by atoms with Crippen molar-refractivity contribution in [2.24, 2.45) is 5.14 Å². The topological polar surface area (TPSA) is 85.4 Å². The number of hydrogen-bond acceptors (Lipinski definition) is 3. The number of aromatic nitrogens is 1. The Morgan fingerprint density at radius 3 is 2.41 bits per heavy atom. The number of carbonyl (C=O) groups is 1. The monoisotopic (exact) mass is 469 g/mol. The fraction of sp³-hybridized carbons (Fsp3) is 0.0870. The van der Waals surface area contributed by atoms with Crippen molar-refractivity contribution in [3.63, 3.8) is 0 Å². The van der Waals surface area contributed by atoms with Gasteiger partial charge in [0.15, 0.2) is 0 Å². The lowest BCUT2D eigenvalue weighted by Gasteiger charge is -2.29. The average Bonchev–Trinajstić information content (AvgIpc) is 3.11. The van der Waals surface area contributed by atoms with Crippen LogP contribution in [0.5, 0.6) is 0 Å². The summed E-state index contributed by atoms with van der Waals surface area (Å²) in [6, 6.07) is 18.6. The second-order valence-corrected chi connectivity index (χ2v) is 9.57. The maximum atomic E-state index is 14.2. The highest BCUT2D eigenvalue weighted by Crippen LogP contribution is 2.31. The number of primary sulfonamides is 1. The van der Waals surface area contributed by atoms with Crippen LogP contribution in [0.25, 0.3) is 22.0 Å². The quantitative estimate of drug-likeness (QED) is 0.468. The molecule has 1 aliphatic rings. The molecule has 0 saturated heterocycles. The number of rotatable bonds is 3. The summed E-state index contributed by atoms with van der Waals surface area (Å²) in [5, 5.41) is 6.22. The molecule has 4 aromatic rings. The Morgan fingerprint density at radius 1 is 0.969 bits per heavy atom. The maximum absolute atomic E-state index is 14.2. The van der Waals surface area contributed by atoms with Crippen molar-refractivity contribution in [2.75, 3.05) is 11.4 Å². The van der Waals surface area contributed by atoms with Crippen molar-refractivity contribution in [3.05, 3.63) is 83.3 Å². The van der Waals surface area contributed by atoms with Gasteiger partial charge in [-0.05, 0) is 53.6 Å². The van der Waals surface area contributed by atoms with Gasteiger partial charge < -0.3 is 0 Å². The number of halogens is 2. The number of carbonyl (C=O) groups excluding carboxylic acids is 1. The molecule has 0 radical (unpaired) electrons. The first-order chi connectivity index (χ1) is 15.2. The van der Waals surface area contributed by atoms with Crippen molar-refractivity contribution in [1.29, 1.82) is 0 Å². The van der Waals surface area contributed by atoms with Crippen LogP contribution in [0.2, 0.25) is 5.02 Å². The van der Waals surface area contributed by atoms with Crippen molar-refractivity contribution >= 4 is 44.2 Å². The van der Waals surface area contributed by atoms with Crippen molar-refractivity contribution in [3.8, 4) is 11.1 Å². The molecule has 1 amide bonds. The van der Waals surface area contributed by atoms with Crippen LogP contribution in [0.15, 0.2) is 71.6 Å². The van der Waals surface area contributed by atoms with Gasteiger partial charge >= 0.3 is 6.03 Å². The molecule has 1 aromatic heterocycles. The van der Waals surface area contributed by atoms with Gasteiger partial charge in [0.05, 0.1) is 5.52 Å². The van der Waals surface area contributed by atoms with Crippen LogP contribution in [-0.4, -0.2) is 25.6 Å². The minimum absolute atomic E-state index is 0.302. The van der Waals surface area contributed by atoms with Crippen LogP contribution < -0.4 is 10.0 Å². The lowest BCUT2D eigenvalue weighted by molar-refractivity contribution is 0.246. The van der Waals surface area contributed by atoms with Gasteiger partial charge in [-0.1, -0.05) is 35.9 Å². The first-order valence-electron chi connectivity index (χ1n) is 9.77. The SMILES string of the molecule is NS(=O)(=O)c1cc2c(cc1F)cc1n2C(=O)N(c2ccc(-c3cccc(Cl)c3)cc2)CC1. The molecule has 5 rings (SSSR count). The van der Waals surface area contributed by atoms with E-state index < -0.39 is 20.7 Å². The van der Waals surface area contributed by atoms with E-state index in [-0.39, 0.29) is 6.03 Å². The number of hydrogen-bond donors (Lipinski definition) is 1. The van der Waals surface area contributed by atoms with Crippen LogP contribution in [0.3, 0.4) is 0 Å². The van der Waals surface area contributed by atoms with Gasteiger partial charge in [-0.2, -0.15) is 0 Å². The van der Waals surface area contributed by atoms with Gasteiger partial charge in [0.25, 0.3) is 0 Å². The standard InChI is InChI=1S/C23H17ClFN3O3S/c24-17-3-1-2-15(10-17)14-4-6-18(7-5-14)27-9-8-19-11-16-12-20(25)22(32(26,30)31)13-21(16)28(19)23(27)29/h1-7,10-13H,8-9H2,(H2,26,30,31). The highest BCUT2D eigenvalue weighted by Gasteiger charge is 2.28. The van der Waals surface area contributed by atoms with Crippen molar-refractivity contribution in [2.45, 2.75) is 11.3 Å². The predicted octanol–water partition coefficient (Wildman–Crippen LogP) is 4.78. The Labute approximate surface area is 188 Å². The second kappa shape index (κ2) is 7.44. The Balaban J connectivity index is 1.54. The van der Waals surface area contributed by atoms with Crippen molar-refractivity contribution < 1.29 is 17.6 Å². The molecule has 0 aliphatic carbocycles. The molecule has 6 nitrogen and oxygen atoms in total. The number of anilines is 1. The Hall–Kier alpha value is -3.20. The van der Waals surface area contributed by atoms with Crippen LogP contribution in [-0.2, 0) is 16.4 Å². The van der Waals surface area contributed by atoms with E-state index in [4.69, 9.17) is 16.7 Å². The van der Waals surface area contributed by atoms with Gasteiger partial charge in [0, 0.05) is 34.8 Å². The average molecular weight is 470 g/mol. The molecular weight excluding hydrogens is 453 g/mol. The minimum Gasteiger partial charge on any atom is -0.293 e. The number of nitrogens with two attached hydrogens (primary N) is 1. The summed E-state index contributed by atoms with van der Waals surface area (Å²) >= 11 is 6.08. The second-order valence-electron chi connectivity index (χ2n) is 7.60. The molecule has 0 fully saturated rings. The Kier molecular flexibility index (Phi) is 4.81. The minimum atomic E-state index is -4.27. The van der Waals surface area contributed by atoms with Crippen LogP contribution in [0, 0.1) is 5.82 Å². The first kappa shape index (κ1) is 20.7. The number of nitrogens with zero attached hydrogens (tertiary/aromatic N) is 2. The molecule has 0 atom stereocenters. The molecule has 3 aromatic carbocycles. The zero-order valence-electron chi connectivity index (χ0n) is 16.6. The summed E-state index contributed by atoms with van der Waals surface area (Å²) in [6.07, 6.45) is 0.531. The summed E-state index contributed by atoms with van der Waals surface area (Å²) in [7, 11) is -4.27. The summed E-state index contributed by atoms with van der Waals surface area (Å²) in [4.78, 5) is 14.3. The lowest BCUT2D eigenvalue weighted by atomic mass is 10.1.